The lowest BCUT2D eigenvalue weighted by atomic mass is 10.1. The first-order valence-corrected chi connectivity index (χ1v) is 4.71. The van der Waals surface area contributed by atoms with Gasteiger partial charge in [-0.3, -0.25) is 4.79 Å². The predicted octanol–water partition coefficient (Wildman–Crippen LogP) is 1.57. The lowest BCUT2D eigenvalue weighted by Crippen LogP contribution is -2.47. The van der Waals surface area contributed by atoms with E-state index in [1.54, 1.807) is 7.05 Å². The van der Waals surface area contributed by atoms with Gasteiger partial charge in [-0.1, -0.05) is 13.8 Å². The fourth-order valence-electron chi connectivity index (χ4n) is 0.554. The van der Waals surface area contributed by atoms with Crippen LogP contribution in [0.3, 0.4) is 0 Å². The molecule has 0 rings (SSSR count). The molecule has 3 heteroatoms. The summed E-state index contributed by atoms with van der Waals surface area (Å²) in [5, 5.41) is 2.91. The zero-order valence-corrected chi connectivity index (χ0v) is 9.47. The highest BCUT2D eigenvalue weighted by atomic mass is 16.5. The smallest absolute Gasteiger partial charge is 0.326 e. The summed E-state index contributed by atoms with van der Waals surface area (Å²) in [5.41, 5.74) is -0.594. The summed E-state index contributed by atoms with van der Waals surface area (Å²) in [6, 6.07) is 0. The van der Waals surface area contributed by atoms with E-state index in [9.17, 15) is 4.79 Å². The van der Waals surface area contributed by atoms with Gasteiger partial charge in [0.15, 0.2) is 0 Å². The van der Waals surface area contributed by atoms with Crippen molar-refractivity contribution in [3.63, 3.8) is 0 Å². The maximum Gasteiger partial charge on any atom is 0.326 e. The molecule has 1 unspecified atom stereocenters. The molecule has 0 heterocycles. The molecule has 78 valence electrons. The third-order valence-corrected chi connectivity index (χ3v) is 2.37. The molecule has 1 N–H and O–H groups in total. The molecule has 0 aliphatic carbocycles. The largest absolute Gasteiger partial charge is 0.461 e. The van der Waals surface area contributed by atoms with E-state index >= 15 is 0 Å². The van der Waals surface area contributed by atoms with E-state index in [0.29, 0.717) is 5.92 Å². The monoisotopic (exact) mass is 187 g/mol. The second-order valence-corrected chi connectivity index (χ2v) is 4.23. The third kappa shape index (κ3) is 3.77. The summed E-state index contributed by atoms with van der Waals surface area (Å²) in [6.07, 6.45) is -0.0277. The standard InChI is InChI=1S/C10H21NO2/c1-7(2)8(3)13-9(12)10(4,5)11-6/h7-8,11H,1-6H3. The molecular weight excluding hydrogens is 166 g/mol. The van der Waals surface area contributed by atoms with Gasteiger partial charge >= 0.3 is 5.97 Å². The number of likely N-dealkylation sites (N-methyl/N-ethyl adjacent to an activating group) is 1. The minimum atomic E-state index is -0.594. The average Bonchev–Trinajstić information content (AvgIpc) is 2.04. The van der Waals surface area contributed by atoms with Crippen LogP contribution in [0.2, 0.25) is 0 Å². The van der Waals surface area contributed by atoms with Crippen LogP contribution >= 0.6 is 0 Å². The fourth-order valence-corrected chi connectivity index (χ4v) is 0.554. The van der Waals surface area contributed by atoms with Gasteiger partial charge < -0.3 is 10.1 Å². The van der Waals surface area contributed by atoms with Crippen molar-refractivity contribution in [1.82, 2.24) is 5.32 Å². The maximum absolute atomic E-state index is 11.5. The molecule has 0 amide bonds. The van der Waals surface area contributed by atoms with Crippen LogP contribution in [0, 0.1) is 5.92 Å². The van der Waals surface area contributed by atoms with Crippen LogP contribution in [0.15, 0.2) is 0 Å². The highest BCUT2D eigenvalue weighted by Gasteiger charge is 2.28. The van der Waals surface area contributed by atoms with E-state index in [4.69, 9.17) is 4.74 Å². The molecule has 0 aromatic rings. The van der Waals surface area contributed by atoms with Crippen LogP contribution in [0.5, 0.6) is 0 Å². The molecule has 0 fully saturated rings. The number of hydrogen-bond acceptors (Lipinski definition) is 3. The van der Waals surface area contributed by atoms with Crippen molar-refractivity contribution in [1.29, 1.82) is 0 Å². The molecule has 0 aromatic heterocycles. The molecule has 0 aliphatic heterocycles. The SMILES string of the molecule is CNC(C)(C)C(=O)OC(C)C(C)C. The van der Waals surface area contributed by atoms with Crippen molar-refractivity contribution in [3.8, 4) is 0 Å². The second kappa shape index (κ2) is 4.61. The molecule has 0 saturated heterocycles. The zero-order chi connectivity index (χ0) is 10.6. The van der Waals surface area contributed by atoms with Crippen molar-refractivity contribution in [3.05, 3.63) is 0 Å². The van der Waals surface area contributed by atoms with Crippen LogP contribution in [0.4, 0.5) is 0 Å². The van der Waals surface area contributed by atoms with Crippen LogP contribution in [0.25, 0.3) is 0 Å². The Hall–Kier alpha value is -0.570. The van der Waals surface area contributed by atoms with Crippen LogP contribution in [-0.4, -0.2) is 24.7 Å². The molecule has 3 nitrogen and oxygen atoms in total. The highest BCUT2D eigenvalue weighted by Crippen LogP contribution is 2.11. The first-order valence-electron chi connectivity index (χ1n) is 4.71. The van der Waals surface area contributed by atoms with E-state index in [2.05, 4.69) is 5.32 Å². The van der Waals surface area contributed by atoms with Crippen molar-refractivity contribution in [2.45, 2.75) is 46.3 Å². The van der Waals surface area contributed by atoms with Gasteiger partial charge in [-0.05, 0) is 33.7 Å². The molecule has 0 aromatic carbocycles. The fraction of sp³-hybridized carbons (Fsp3) is 0.900. The first-order chi connectivity index (χ1) is 5.81. The van der Waals surface area contributed by atoms with E-state index in [-0.39, 0.29) is 12.1 Å². The van der Waals surface area contributed by atoms with Gasteiger partial charge in [0, 0.05) is 0 Å². The number of esters is 1. The number of rotatable bonds is 4. The molecule has 13 heavy (non-hydrogen) atoms. The minimum absolute atomic E-state index is 0.0277. The van der Waals surface area contributed by atoms with E-state index < -0.39 is 5.54 Å². The number of carbonyl (C=O) groups is 1. The molecule has 0 spiro atoms. The van der Waals surface area contributed by atoms with Crippen molar-refractivity contribution < 1.29 is 9.53 Å². The Morgan fingerprint density at radius 2 is 1.77 bits per heavy atom. The Balaban J connectivity index is 4.15. The normalized spacial score (nSPS) is 14.4. The lowest BCUT2D eigenvalue weighted by molar-refractivity contribution is -0.156. The summed E-state index contributed by atoms with van der Waals surface area (Å²) < 4.78 is 5.27. The quantitative estimate of drug-likeness (QED) is 0.679. The Bertz CT molecular complexity index is 176. The summed E-state index contributed by atoms with van der Waals surface area (Å²) in [7, 11) is 1.75. The summed E-state index contributed by atoms with van der Waals surface area (Å²) in [6.45, 7) is 9.59. The molecule has 0 aliphatic rings. The van der Waals surface area contributed by atoms with Gasteiger partial charge in [0.25, 0.3) is 0 Å². The summed E-state index contributed by atoms with van der Waals surface area (Å²) >= 11 is 0. The molecule has 1 atom stereocenters. The van der Waals surface area contributed by atoms with Gasteiger partial charge in [-0.15, -0.1) is 0 Å². The lowest BCUT2D eigenvalue weighted by Gasteiger charge is -2.25. The Kier molecular flexibility index (Phi) is 4.40. The molecular formula is C10H21NO2. The van der Waals surface area contributed by atoms with Gasteiger partial charge in [0.05, 0.1) is 0 Å². The van der Waals surface area contributed by atoms with Crippen molar-refractivity contribution in [2.75, 3.05) is 7.05 Å². The zero-order valence-electron chi connectivity index (χ0n) is 9.47. The Labute approximate surface area is 80.8 Å². The van der Waals surface area contributed by atoms with Crippen LogP contribution in [-0.2, 0) is 9.53 Å². The van der Waals surface area contributed by atoms with Crippen molar-refractivity contribution in [2.24, 2.45) is 5.92 Å². The Morgan fingerprint density at radius 3 is 2.08 bits per heavy atom. The van der Waals surface area contributed by atoms with E-state index in [1.165, 1.54) is 0 Å². The third-order valence-electron chi connectivity index (χ3n) is 2.37. The van der Waals surface area contributed by atoms with Gasteiger partial charge in [0.1, 0.15) is 11.6 Å². The first kappa shape index (κ1) is 12.4. The molecule has 0 bridgehead atoms. The minimum Gasteiger partial charge on any atom is -0.461 e. The van der Waals surface area contributed by atoms with Crippen molar-refractivity contribution >= 4 is 5.97 Å². The number of ether oxygens (including phenoxy) is 1. The number of hydrogen-bond donors (Lipinski definition) is 1. The highest BCUT2D eigenvalue weighted by molar-refractivity contribution is 5.79. The van der Waals surface area contributed by atoms with Crippen LogP contribution in [0.1, 0.15) is 34.6 Å². The van der Waals surface area contributed by atoms with Gasteiger partial charge in [-0.25, -0.2) is 0 Å². The summed E-state index contributed by atoms with van der Waals surface area (Å²) in [5.74, 6) is 0.160. The van der Waals surface area contributed by atoms with E-state index in [0.717, 1.165) is 0 Å². The number of carbonyl (C=O) groups excluding carboxylic acids is 1. The topological polar surface area (TPSA) is 38.3 Å². The molecule has 0 radical (unpaired) electrons. The average molecular weight is 187 g/mol. The summed E-state index contributed by atoms with van der Waals surface area (Å²) in [4.78, 5) is 11.5. The predicted molar refractivity (Wildman–Crippen MR) is 53.5 cm³/mol. The van der Waals surface area contributed by atoms with Gasteiger partial charge in [0.2, 0.25) is 0 Å². The number of nitrogens with one attached hydrogen (secondary N) is 1. The second-order valence-electron chi connectivity index (χ2n) is 4.23. The maximum atomic E-state index is 11.5. The molecule has 0 saturated carbocycles. The van der Waals surface area contributed by atoms with E-state index in [1.807, 2.05) is 34.6 Å². The van der Waals surface area contributed by atoms with Gasteiger partial charge in [-0.2, -0.15) is 0 Å². The van der Waals surface area contributed by atoms with Crippen LogP contribution < -0.4 is 5.32 Å². The Morgan fingerprint density at radius 1 is 1.31 bits per heavy atom.